The summed E-state index contributed by atoms with van der Waals surface area (Å²) in [7, 11) is 0. The molecule has 1 aromatic carbocycles. The third-order valence-corrected chi connectivity index (χ3v) is 7.25. The van der Waals surface area contributed by atoms with Crippen molar-refractivity contribution >= 4 is 11.7 Å². The van der Waals surface area contributed by atoms with Gasteiger partial charge >= 0.3 is 0 Å². The van der Waals surface area contributed by atoms with Crippen LogP contribution in [0.5, 0.6) is 5.75 Å². The Morgan fingerprint density at radius 3 is 2.15 bits per heavy atom. The molecule has 5 rings (SSSR count). The first-order chi connectivity index (χ1) is 13.0. The van der Waals surface area contributed by atoms with Crippen molar-refractivity contribution in [3.63, 3.8) is 0 Å². The summed E-state index contributed by atoms with van der Waals surface area (Å²) in [5, 5.41) is 3.23. The van der Waals surface area contributed by atoms with Gasteiger partial charge in [0, 0.05) is 18.0 Å². The summed E-state index contributed by atoms with van der Waals surface area (Å²) < 4.78 is 5.63. The lowest BCUT2D eigenvalue weighted by Crippen LogP contribution is -2.56. The number of nitrogens with one attached hydrogen (secondary N) is 1. The fraction of sp³-hybridized carbons (Fsp3) is 0.652. The highest BCUT2D eigenvalue weighted by Gasteiger charge is 2.53. The van der Waals surface area contributed by atoms with Crippen LogP contribution in [0.3, 0.4) is 0 Å². The number of rotatable bonds is 7. The Morgan fingerprint density at radius 2 is 1.63 bits per heavy atom. The molecular formula is C23H31NO3. The summed E-state index contributed by atoms with van der Waals surface area (Å²) in [5.41, 5.74) is 0.997. The van der Waals surface area contributed by atoms with Crippen molar-refractivity contribution in [3.8, 4) is 5.75 Å². The van der Waals surface area contributed by atoms with Crippen molar-refractivity contribution < 1.29 is 14.3 Å². The second-order valence-electron chi connectivity index (χ2n) is 9.16. The molecule has 1 aromatic rings. The summed E-state index contributed by atoms with van der Waals surface area (Å²) in [5.74, 6) is 3.35. The second kappa shape index (κ2) is 7.29. The van der Waals surface area contributed by atoms with Gasteiger partial charge in [-0.2, -0.15) is 0 Å². The molecule has 1 N–H and O–H groups in total. The van der Waals surface area contributed by atoms with Gasteiger partial charge in [0.2, 0.25) is 0 Å². The molecule has 4 bridgehead atoms. The first kappa shape index (κ1) is 18.5. The molecule has 0 radical (unpaired) electrons. The van der Waals surface area contributed by atoms with E-state index in [2.05, 4.69) is 12.2 Å². The fourth-order valence-corrected chi connectivity index (χ4v) is 6.23. The largest absolute Gasteiger partial charge is 0.484 e. The van der Waals surface area contributed by atoms with Crippen LogP contribution in [0.25, 0.3) is 0 Å². The molecule has 0 spiro atoms. The zero-order chi connectivity index (χ0) is 19.0. The third-order valence-electron chi connectivity index (χ3n) is 7.25. The molecule has 4 heteroatoms. The van der Waals surface area contributed by atoms with Crippen LogP contribution >= 0.6 is 0 Å². The molecule has 1 amide bonds. The first-order valence-electron chi connectivity index (χ1n) is 10.5. The summed E-state index contributed by atoms with van der Waals surface area (Å²) in [6.45, 7) is 4.07. The summed E-state index contributed by atoms with van der Waals surface area (Å²) >= 11 is 0. The van der Waals surface area contributed by atoms with Crippen LogP contribution in [0.4, 0.5) is 0 Å². The van der Waals surface area contributed by atoms with E-state index >= 15 is 0 Å². The SMILES string of the molecule is CCC(=O)c1ccc(OCC(=O)N[C@H](C)C23CC4CC(CC(C4)C2)C3)cc1. The van der Waals surface area contributed by atoms with Gasteiger partial charge in [-0.1, -0.05) is 6.92 Å². The minimum Gasteiger partial charge on any atom is -0.484 e. The number of hydrogen-bond acceptors (Lipinski definition) is 3. The van der Waals surface area contributed by atoms with Crippen LogP contribution in [0.2, 0.25) is 0 Å². The second-order valence-corrected chi connectivity index (χ2v) is 9.16. The van der Waals surface area contributed by atoms with Crippen molar-refractivity contribution in [1.82, 2.24) is 5.32 Å². The first-order valence-corrected chi connectivity index (χ1v) is 10.5. The Kier molecular flexibility index (Phi) is 5.00. The molecule has 0 heterocycles. The summed E-state index contributed by atoms with van der Waals surface area (Å²) in [6.07, 6.45) is 8.60. The number of benzene rings is 1. The summed E-state index contributed by atoms with van der Waals surface area (Å²) in [4.78, 5) is 24.1. The molecule has 4 nitrogen and oxygen atoms in total. The molecule has 1 atom stereocenters. The molecule has 0 aliphatic heterocycles. The molecule has 4 fully saturated rings. The quantitative estimate of drug-likeness (QED) is 0.726. The number of hydrogen-bond donors (Lipinski definition) is 1. The minimum absolute atomic E-state index is 0.0256. The van der Waals surface area contributed by atoms with E-state index < -0.39 is 0 Å². The van der Waals surface area contributed by atoms with Crippen molar-refractivity contribution in [3.05, 3.63) is 29.8 Å². The van der Waals surface area contributed by atoms with E-state index in [-0.39, 0.29) is 24.3 Å². The van der Waals surface area contributed by atoms with Gasteiger partial charge in [0.15, 0.2) is 12.4 Å². The molecule has 4 saturated carbocycles. The Hall–Kier alpha value is -1.84. The van der Waals surface area contributed by atoms with Gasteiger partial charge in [-0.25, -0.2) is 0 Å². The van der Waals surface area contributed by atoms with E-state index in [0.29, 0.717) is 23.1 Å². The number of Topliss-reactive ketones (excluding diaryl/α,β-unsaturated/α-hetero) is 1. The average Bonchev–Trinajstić information content (AvgIpc) is 2.65. The standard InChI is InChI=1S/C23H31NO3/c1-3-21(25)19-4-6-20(7-5-19)27-14-22(26)24-15(2)23-11-16-8-17(12-23)10-18(9-16)13-23/h4-7,15-18H,3,8-14H2,1-2H3,(H,24,26)/t15-,16?,17?,18?,23?/m1/s1. The van der Waals surface area contributed by atoms with E-state index in [1.807, 2.05) is 6.92 Å². The molecule has 27 heavy (non-hydrogen) atoms. The topological polar surface area (TPSA) is 55.4 Å². The van der Waals surface area contributed by atoms with Crippen molar-refractivity contribution in [1.29, 1.82) is 0 Å². The normalized spacial score (nSPS) is 32.1. The Balaban J connectivity index is 1.30. The zero-order valence-corrected chi connectivity index (χ0v) is 16.5. The number of carbonyl (C=O) groups excluding carboxylic acids is 2. The Morgan fingerprint density at radius 1 is 1.07 bits per heavy atom. The van der Waals surface area contributed by atoms with Crippen LogP contribution in [0.15, 0.2) is 24.3 Å². The van der Waals surface area contributed by atoms with Gasteiger partial charge in [0.1, 0.15) is 5.75 Å². The van der Waals surface area contributed by atoms with E-state index in [0.717, 1.165) is 17.8 Å². The van der Waals surface area contributed by atoms with Crippen LogP contribution in [-0.4, -0.2) is 24.3 Å². The van der Waals surface area contributed by atoms with Crippen LogP contribution in [0, 0.1) is 23.2 Å². The highest BCUT2D eigenvalue weighted by atomic mass is 16.5. The number of ketones is 1. The fourth-order valence-electron chi connectivity index (χ4n) is 6.23. The van der Waals surface area contributed by atoms with Crippen molar-refractivity contribution in [2.45, 2.75) is 64.8 Å². The molecule has 0 saturated heterocycles. The number of ether oxygens (including phenoxy) is 1. The predicted molar refractivity (Wildman–Crippen MR) is 105 cm³/mol. The molecule has 0 aromatic heterocycles. The van der Waals surface area contributed by atoms with Crippen molar-refractivity contribution in [2.75, 3.05) is 6.61 Å². The van der Waals surface area contributed by atoms with E-state index in [1.165, 1.54) is 38.5 Å². The smallest absolute Gasteiger partial charge is 0.258 e. The maximum absolute atomic E-state index is 12.5. The van der Waals surface area contributed by atoms with Gasteiger partial charge in [-0.3, -0.25) is 9.59 Å². The van der Waals surface area contributed by atoms with Gasteiger partial charge in [-0.15, -0.1) is 0 Å². The average molecular weight is 370 g/mol. The Bertz CT molecular complexity index is 674. The van der Waals surface area contributed by atoms with Gasteiger partial charge < -0.3 is 10.1 Å². The van der Waals surface area contributed by atoms with Gasteiger partial charge in [-0.05, 0) is 92.9 Å². The maximum atomic E-state index is 12.5. The van der Waals surface area contributed by atoms with Crippen LogP contribution in [-0.2, 0) is 4.79 Å². The van der Waals surface area contributed by atoms with Crippen LogP contribution in [0.1, 0.15) is 69.2 Å². The Labute approximate surface area is 162 Å². The molecule has 0 unspecified atom stereocenters. The molecule has 4 aliphatic rings. The van der Waals surface area contributed by atoms with Gasteiger partial charge in [0.25, 0.3) is 5.91 Å². The number of amides is 1. The lowest BCUT2D eigenvalue weighted by molar-refractivity contribution is -0.127. The van der Waals surface area contributed by atoms with Gasteiger partial charge in [0.05, 0.1) is 0 Å². The minimum atomic E-state index is -0.0491. The lowest BCUT2D eigenvalue weighted by Gasteiger charge is -2.59. The number of carbonyl (C=O) groups is 2. The lowest BCUT2D eigenvalue weighted by atomic mass is 9.48. The molecule has 4 aliphatic carbocycles. The van der Waals surface area contributed by atoms with Crippen LogP contribution < -0.4 is 10.1 Å². The van der Waals surface area contributed by atoms with E-state index in [1.54, 1.807) is 24.3 Å². The van der Waals surface area contributed by atoms with E-state index in [9.17, 15) is 9.59 Å². The molecule has 146 valence electrons. The van der Waals surface area contributed by atoms with E-state index in [4.69, 9.17) is 4.74 Å². The highest BCUT2D eigenvalue weighted by Crippen LogP contribution is 2.61. The third kappa shape index (κ3) is 3.76. The molecular weight excluding hydrogens is 338 g/mol. The monoisotopic (exact) mass is 369 g/mol. The highest BCUT2D eigenvalue weighted by molar-refractivity contribution is 5.95. The summed E-state index contributed by atoms with van der Waals surface area (Å²) in [6, 6.07) is 7.26. The maximum Gasteiger partial charge on any atom is 0.258 e. The predicted octanol–water partition coefficient (Wildman–Crippen LogP) is 4.38. The zero-order valence-electron chi connectivity index (χ0n) is 16.5. The van der Waals surface area contributed by atoms with Crippen molar-refractivity contribution in [2.24, 2.45) is 23.2 Å².